The summed E-state index contributed by atoms with van der Waals surface area (Å²) in [5.74, 6) is 1.05. The molecule has 0 bridgehead atoms. The number of benzene rings is 1. The van der Waals surface area contributed by atoms with Crippen LogP contribution in [0.15, 0.2) is 35.5 Å². The van der Waals surface area contributed by atoms with Gasteiger partial charge in [-0.3, -0.25) is 4.90 Å². The Balaban J connectivity index is 2.32. The zero-order valence-electron chi connectivity index (χ0n) is 10.2. The quantitative estimate of drug-likeness (QED) is 0.337. The SMILES string of the molecule is CC(C(N)=NO)N(C)CCOc1ccccc1. The van der Waals surface area contributed by atoms with E-state index in [1.54, 1.807) is 0 Å². The number of ether oxygens (including phenoxy) is 1. The Hall–Kier alpha value is -1.75. The maximum Gasteiger partial charge on any atom is 0.156 e. The van der Waals surface area contributed by atoms with E-state index >= 15 is 0 Å². The van der Waals surface area contributed by atoms with Crippen LogP contribution in [0.5, 0.6) is 5.75 Å². The summed E-state index contributed by atoms with van der Waals surface area (Å²) < 4.78 is 5.56. The summed E-state index contributed by atoms with van der Waals surface area (Å²) in [5.41, 5.74) is 5.52. The van der Waals surface area contributed by atoms with Crippen molar-refractivity contribution in [2.75, 3.05) is 20.2 Å². The van der Waals surface area contributed by atoms with Crippen molar-refractivity contribution in [1.82, 2.24) is 4.90 Å². The van der Waals surface area contributed by atoms with Gasteiger partial charge in [-0.15, -0.1) is 0 Å². The molecular weight excluding hydrogens is 218 g/mol. The predicted molar refractivity (Wildman–Crippen MR) is 67.4 cm³/mol. The number of rotatable bonds is 6. The van der Waals surface area contributed by atoms with Crippen molar-refractivity contribution < 1.29 is 9.94 Å². The molecule has 1 unspecified atom stereocenters. The summed E-state index contributed by atoms with van der Waals surface area (Å²) in [6.45, 7) is 3.13. The molecule has 0 aliphatic carbocycles. The Labute approximate surface area is 101 Å². The lowest BCUT2D eigenvalue weighted by Crippen LogP contribution is -2.42. The molecule has 0 spiro atoms. The molecule has 0 aromatic heterocycles. The van der Waals surface area contributed by atoms with Crippen molar-refractivity contribution in [1.29, 1.82) is 0 Å². The molecule has 0 amide bonds. The fraction of sp³-hybridized carbons (Fsp3) is 0.417. The number of nitrogens with two attached hydrogens (primary N) is 1. The topological polar surface area (TPSA) is 71.1 Å². The third-order valence-electron chi connectivity index (χ3n) is 2.66. The van der Waals surface area contributed by atoms with Gasteiger partial charge in [0, 0.05) is 6.54 Å². The van der Waals surface area contributed by atoms with Crippen molar-refractivity contribution in [3.05, 3.63) is 30.3 Å². The van der Waals surface area contributed by atoms with E-state index in [0.29, 0.717) is 13.2 Å². The number of amidine groups is 1. The minimum absolute atomic E-state index is 0.112. The molecule has 0 saturated carbocycles. The monoisotopic (exact) mass is 237 g/mol. The van der Waals surface area contributed by atoms with Crippen LogP contribution >= 0.6 is 0 Å². The molecule has 0 saturated heterocycles. The molecule has 0 radical (unpaired) electrons. The zero-order chi connectivity index (χ0) is 12.7. The van der Waals surface area contributed by atoms with E-state index in [2.05, 4.69) is 5.16 Å². The van der Waals surface area contributed by atoms with Crippen molar-refractivity contribution in [2.45, 2.75) is 13.0 Å². The fourth-order valence-corrected chi connectivity index (χ4v) is 1.33. The molecule has 0 aliphatic heterocycles. The van der Waals surface area contributed by atoms with Gasteiger partial charge in [0.15, 0.2) is 5.84 Å². The van der Waals surface area contributed by atoms with E-state index in [9.17, 15) is 0 Å². The van der Waals surface area contributed by atoms with Crippen molar-refractivity contribution >= 4 is 5.84 Å². The van der Waals surface area contributed by atoms with E-state index in [0.717, 1.165) is 5.75 Å². The summed E-state index contributed by atoms with van der Waals surface area (Å²) in [5, 5.41) is 11.6. The largest absolute Gasteiger partial charge is 0.492 e. The first kappa shape index (κ1) is 13.3. The van der Waals surface area contributed by atoms with Gasteiger partial charge in [-0.1, -0.05) is 23.4 Å². The summed E-state index contributed by atoms with van der Waals surface area (Å²) >= 11 is 0. The van der Waals surface area contributed by atoms with Gasteiger partial charge in [-0.25, -0.2) is 0 Å². The van der Waals surface area contributed by atoms with Crippen LogP contribution in [0.25, 0.3) is 0 Å². The molecule has 3 N–H and O–H groups in total. The highest BCUT2D eigenvalue weighted by atomic mass is 16.5. The van der Waals surface area contributed by atoms with Crippen molar-refractivity contribution in [2.24, 2.45) is 10.9 Å². The number of nitrogens with zero attached hydrogens (tertiary/aromatic N) is 2. The lowest BCUT2D eigenvalue weighted by atomic mass is 10.3. The Morgan fingerprint density at radius 2 is 2.12 bits per heavy atom. The van der Waals surface area contributed by atoms with Gasteiger partial charge >= 0.3 is 0 Å². The van der Waals surface area contributed by atoms with Gasteiger partial charge in [0.1, 0.15) is 12.4 Å². The molecule has 5 heteroatoms. The van der Waals surface area contributed by atoms with Gasteiger partial charge in [-0.05, 0) is 26.1 Å². The van der Waals surface area contributed by atoms with Crippen LogP contribution in [0, 0.1) is 0 Å². The molecule has 17 heavy (non-hydrogen) atoms. The summed E-state index contributed by atoms with van der Waals surface area (Å²) in [7, 11) is 1.90. The smallest absolute Gasteiger partial charge is 0.156 e. The maximum absolute atomic E-state index is 8.56. The van der Waals surface area contributed by atoms with Gasteiger partial charge in [0.25, 0.3) is 0 Å². The lowest BCUT2D eigenvalue weighted by molar-refractivity contribution is 0.222. The van der Waals surface area contributed by atoms with E-state index in [4.69, 9.17) is 15.7 Å². The highest BCUT2D eigenvalue weighted by Gasteiger charge is 2.13. The van der Waals surface area contributed by atoms with Crippen LogP contribution in [0.3, 0.4) is 0 Å². The third-order valence-corrected chi connectivity index (χ3v) is 2.66. The Morgan fingerprint density at radius 1 is 1.47 bits per heavy atom. The molecule has 5 nitrogen and oxygen atoms in total. The van der Waals surface area contributed by atoms with E-state index in [1.807, 2.05) is 49.2 Å². The highest BCUT2D eigenvalue weighted by molar-refractivity contribution is 5.84. The van der Waals surface area contributed by atoms with Crippen molar-refractivity contribution in [3.8, 4) is 5.75 Å². The minimum atomic E-state index is -0.112. The Kier molecular flexibility index (Phi) is 5.29. The van der Waals surface area contributed by atoms with Crippen LogP contribution in [0.2, 0.25) is 0 Å². The Bertz CT molecular complexity index is 354. The second kappa shape index (κ2) is 6.75. The second-order valence-corrected chi connectivity index (χ2v) is 3.84. The van der Waals surface area contributed by atoms with Crippen LogP contribution < -0.4 is 10.5 Å². The average Bonchev–Trinajstić information content (AvgIpc) is 2.38. The standard InChI is InChI=1S/C12H19N3O2/c1-10(12(13)14-16)15(2)8-9-17-11-6-4-3-5-7-11/h3-7,10,16H,8-9H2,1-2H3,(H2,13,14). The summed E-state index contributed by atoms with van der Waals surface area (Å²) in [6.07, 6.45) is 0. The number of oxime groups is 1. The first-order valence-electron chi connectivity index (χ1n) is 5.50. The van der Waals surface area contributed by atoms with E-state index < -0.39 is 0 Å². The van der Waals surface area contributed by atoms with Crippen molar-refractivity contribution in [3.63, 3.8) is 0 Å². The molecule has 94 valence electrons. The molecule has 1 rings (SSSR count). The van der Waals surface area contributed by atoms with Gasteiger partial charge < -0.3 is 15.7 Å². The van der Waals surface area contributed by atoms with Gasteiger partial charge in [-0.2, -0.15) is 0 Å². The molecule has 1 aromatic carbocycles. The van der Waals surface area contributed by atoms with Crippen LogP contribution in [-0.2, 0) is 0 Å². The Morgan fingerprint density at radius 3 is 2.71 bits per heavy atom. The third kappa shape index (κ3) is 4.32. The molecular formula is C12H19N3O2. The normalized spacial score (nSPS) is 13.7. The van der Waals surface area contributed by atoms with E-state index in [-0.39, 0.29) is 11.9 Å². The molecule has 0 aliphatic rings. The molecule has 1 aromatic rings. The number of hydrogen-bond donors (Lipinski definition) is 2. The number of hydrogen-bond acceptors (Lipinski definition) is 4. The van der Waals surface area contributed by atoms with Crippen LogP contribution in [-0.4, -0.2) is 42.2 Å². The van der Waals surface area contributed by atoms with Gasteiger partial charge in [0.2, 0.25) is 0 Å². The number of likely N-dealkylation sites (N-methyl/N-ethyl adjacent to an activating group) is 1. The summed E-state index contributed by atoms with van der Waals surface area (Å²) in [6, 6.07) is 9.51. The van der Waals surface area contributed by atoms with E-state index in [1.165, 1.54) is 0 Å². The first-order chi connectivity index (χ1) is 8.15. The van der Waals surface area contributed by atoms with Crippen LogP contribution in [0.1, 0.15) is 6.92 Å². The predicted octanol–water partition coefficient (Wildman–Crippen LogP) is 1.13. The molecule has 0 heterocycles. The van der Waals surface area contributed by atoms with Gasteiger partial charge in [0.05, 0.1) is 6.04 Å². The average molecular weight is 237 g/mol. The zero-order valence-corrected chi connectivity index (χ0v) is 10.2. The minimum Gasteiger partial charge on any atom is -0.492 e. The number of para-hydroxylation sites is 1. The lowest BCUT2D eigenvalue weighted by Gasteiger charge is -2.23. The molecule has 1 atom stereocenters. The van der Waals surface area contributed by atoms with Crippen LogP contribution in [0.4, 0.5) is 0 Å². The fourth-order valence-electron chi connectivity index (χ4n) is 1.33. The first-order valence-corrected chi connectivity index (χ1v) is 5.50. The molecule has 0 fully saturated rings. The second-order valence-electron chi connectivity index (χ2n) is 3.84. The maximum atomic E-state index is 8.56. The summed E-state index contributed by atoms with van der Waals surface area (Å²) in [4.78, 5) is 1.96. The highest BCUT2D eigenvalue weighted by Crippen LogP contribution is 2.08.